The zero-order valence-electron chi connectivity index (χ0n) is 12.3. The van der Waals surface area contributed by atoms with Crippen LogP contribution in [0, 0.1) is 5.82 Å². The summed E-state index contributed by atoms with van der Waals surface area (Å²) in [6.45, 7) is 0. The average Bonchev–Trinajstić information content (AvgIpc) is 3.23. The van der Waals surface area contributed by atoms with Gasteiger partial charge in [-0.2, -0.15) is 18.2 Å². The SMILES string of the molecule is Fc1ccc(-c2nc(-c3ccnc4[nH]ccc34)no2)cc1C(F)(F)F. The Balaban J connectivity index is 1.79. The Hall–Kier alpha value is -3.23. The van der Waals surface area contributed by atoms with Gasteiger partial charge in [0.15, 0.2) is 0 Å². The Morgan fingerprint density at radius 2 is 1.92 bits per heavy atom. The van der Waals surface area contributed by atoms with E-state index >= 15 is 0 Å². The molecule has 126 valence electrons. The molecule has 0 saturated heterocycles. The van der Waals surface area contributed by atoms with E-state index in [0.717, 1.165) is 17.5 Å². The van der Waals surface area contributed by atoms with E-state index in [1.165, 1.54) is 0 Å². The molecule has 0 amide bonds. The second-order valence-electron chi connectivity index (χ2n) is 5.21. The maximum absolute atomic E-state index is 13.4. The molecular weight excluding hydrogens is 340 g/mol. The van der Waals surface area contributed by atoms with Gasteiger partial charge in [-0.25, -0.2) is 9.37 Å². The molecule has 0 spiro atoms. The summed E-state index contributed by atoms with van der Waals surface area (Å²) in [5.41, 5.74) is -0.182. The lowest BCUT2D eigenvalue weighted by Crippen LogP contribution is -2.08. The molecule has 0 aliphatic carbocycles. The van der Waals surface area contributed by atoms with Gasteiger partial charge in [-0.3, -0.25) is 0 Å². The van der Waals surface area contributed by atoms with Crippen LogP contribution in [0.4, 0.5) is 17.6 Å². The topological polar surface area (TPSA) is 67.6 Å². The van der Waals surface area contributed by atoms with Gasteiger partial charge in [-0.1, -0.05) is 5.16 Å². The van der Waals surface area contributed by atoms with E-state index in [1.54, 1.807) is 24.5 Å². The zero-order chi connectivity index (χ0) is 17.6. The van der Waals surface area contributed by atoms with Crippen LogP contribution in [0.15, 0.2) is 47.2 Å². The Morgan fingerprint density at radius 1 is 1.08 bits per heavy atom. The van der Waals surface area contributed by atoms with Crippen LogP contribution in [0.2, 0.25) is 0 Å². The average molecular weight is 348 g/mol. The number of aromatic amines is 1. The van der Waals surface area contributed by atoms with Crippen molar-refractivity contribution in [2.75, 3.05) is 0 Å². The molecule has 0 aliphatic rings. The van der Waals surface area contributed by atoms with Crippen molar-refractivity contribution in [3.8, 4) is 22.8 Å². The first-order chi connectivity index (χ1) is 11.9. The van der Waals surface area contributed by atoms with Crippen molar-refractivity contribution in [1.82, 2.24) is 20.1 Å². The minimum absolute atomic E-state index is 0.0214. The second-order valence-corrected chi connectivity index (χ2v) is 5.21. The Morgan fingerprint density at radius 3 is 2.72 bits per heavy atom. The summed E-state index contributed by atoms with van der Waals surface area (Å²) < 4.78 is 57.0. The first-order valence-electron chi connectivity index (χ1n) is 7.07. The van der Waals surface area contributed by atoms with E-state index in [4.69, 9.17) is 4.52 Å². The lowest BCUT2D eigenvalue weighted by atomic mass is 10.1. The van der Waals surface area contributed by atoms with Crippen LogP contribution < -0.4 is 0 Å². The number of nitrogens with one attached hydrogen (secondary N) is 1. The molecule has 0 bridgehead atoms. The smallest absolute Gasteiger partial charge is 0.346 e. The molecule has 4 rings (SSSR count). The van der Waals surface area contributed by atoms with E-state index in [0.29, 0.717) is 17.3 Å². The molecule has 0 fully saturated rings. The van der Waals surface area contributed by atoms with Crippen LogP contribution in [-0.2, 0) is 6.18 Å². The highest BCUT2D eigenvalue weighted by Gasteiger charge is 2.34. The number of pyridine rings is 1. The first-order valence-corrected chi connectivity index (χ1v) is 7.07. The molecule has 4 aromatic rings. The van der Waals surface area contributed by atoms with Gasteiger partial charge in [-0.15, -0.1) is 0 Å². The number of benzene rings is 1. The summed E-state index contributed by atoms with van der Waals surface area (Å²) in [6.07, 6.45) is -1.58. The highest BCUT2D eigenvalue weighted by atomic mass is 19.4. The molecule has 0 aliphatic heterocycles. The summed E-state index contributed by atoms with van der Waals surface area (Å²) in [5, 5.41) is 4.54. The molecule has 9 heteroatoms. The number of rotatable bonds is 2. The number of H-pyrrole nitrogens is 1. The second kappa shape index (κ2) is 5.40. The maximum Gasteiger partial charge on any atom is 0.419 e. The Kier molecular flexibility index (Phi) is 3.31. The number of halogens is 4. The van der Waals surface area contributed by atoms with Crippen molar-refractivity contribution in [1.29, 1.82) is 0 Å². The van der Waals surface area contributed by atoms with Crippen molar-refractivity contribution in [2.45, 2.75) is 6.18 Å². The van der Waals surface area contributed by atoms with Gasteiger partial charge < -0.3 is 9.51 Å². The molecule has 0 unspecified atom stereocenters. The fourth-order valence-electron chi connectivity index (χ4n) is 2.48. The summed E-state index contributed by atoms with van der Waals surface area (Å²) in [6, 6.07) is 5.95. The first kappa shape index (κ1) is 15.3. The van der Waals surface area contributed by atoms with Gasteiger partial charge in [0.25, 0.3) is 5.89 Å². The van der Waals surface area contributed by atoms with Crippen molar-refractivity contribution >= 4 is 11.0 Å². The molecule has 0 radical (unpaired) electrons. The van der Waals surface area contributed by atoms with Crippen LogP contribution >= 0.6 is 0 Å². The number of hydrogen-bond acceptors (Lipinski definition) is 4. The number of hydrogen-bond donors (Lipinski definition) is 1. The maximum atomic E-state index is 13.4. The third kappa shape index (κ3) is 2.63. The molecular formula is C16H8F4N4O. The molecule has 25 heavy (non-hydrogen) atoms. The highest BCUT2D eigenvalue weighted by Crippen LogP contribution is 2.34. The number of alkyl halides is 3. The number of nitrogens with zero attached hydrogens (tertiary/aromatic N) is 3. The van der Waals surface area contributed by atoms with Gasteiger partial charge in [0.1, 0.15) is 11.5 Å². The van der Waals surface area contributed by atoms with Gasteiger partial charge in [-0.05, 0) is 30.3 Å². The van der Waals surface area contributed by atoms with Crippen LogP contribution in [-0.4, -0.2) is 20.1 Å². The van der Waals surface area contributed by atoms with Crippen molar-refractivity contribution < 1.29 is 22.1 Å². The van der Waals surface area contributed by atoms with E-state index in [9.17, 15) is 17.6 Å². The van der Waals surface area contributed by atoms with Gasteiger partial charge >= 0.3 is 6.18 Å². The third-order valence-electron chi connectivity index (χ3n) is 3.65. The van der Waals surface area contributed by atoms with Crippen LogP contribution in [0.5, 0.6) is 0 Å². The normalized spacial score (nSPS) is 12.0. The van der Waals surface area contributed by atoms with E-state index in [1.807, 2.05) is 0 Å². The predicted octanol–water partition coefficient (Wildman–Crippen LogP) is 4.44. The third-order valence-corrected chi connectivity index (χ3v) is 3.65. The fourth-order valence-corrected chi connectivity index (χ4v) is 2.48. The molecule has 3 heterocycles. The molecule has 3 aromatic heterocycles. The number of fused-ring (bicyclic) bond motifs is 1. The highest BCUT2D eigenvalue weighted by molar-refractivity contribution is 5.90. The zero-order valence-corrected chi connectivity index (χ0v) is 12.3. The van der Waals surface area contributed by atoms with Crippen molar-refractivity contribution in [3.05, 3.63) is 54.1 Å². The molecule has 1 N–H and O–H groups in total. The summed E-state index contributed by atoms with van der Waals surface area (Å²) >= 11 is 0. The van der Waals surface area contributed by atoms with E-state index in [2.05, 4.69) is 20.1 Å². The minimum Gasteiger partial charge on any atom is -0.346 e. The Bertz CT molecular complexity index is 1070. The largest absolute Gasteiger partial charge is 0.419 e. The van der Waals surface area contributed by atoms with Gasteiger partial charge in [0.05, 0.1) is 5.56 Å². The lowest BCUT2D eigenvalue weighted by Gasteiger charge is -2.08. The van der Waals surface area contributed by atoms with Gasteiger partial charge in [0.2, 0.25) is 5.82 Å². The Labute approximate surface area is 137 Å². The van der Waals surface area contributed by atoms with E-state index in [-0.39, 0.29) is 17.3 Å². The summed E-state index contributed by atoms with van der Waals surface area (Å²) in [5.74, 6) is -1.31. The molecule has 0 saturated carbocycles. The molecule has 0 atom stereocenters. The summed E-state index contributed by atoms with van der Waals surface area (Å²) in [4.78, 5) is 11.2. The van der Waals surface area contributed by atoms with E-state index < -0.39 is 17.6 Å². The van der Waals surface area contributed by atoms with Crippen molar-refractivity contribution in [2.24, 2.45) is 0 Å². The lowest BCUT2D eigenvalue weighted by molar-refractivity contribution is -0.139. The van der Waals surface area contributed by atoms with Crippen LogP contribution in [0.25, 0.3) is 33.9 Å². The quantitative estimate of drug-likeness (QED) is 0.544. The fraction of sp³-hybridized carbons (Fsp3) is 0.0625. The minimum atomic E-state index is -4.81. The number of aromatic nitrogens is 4. The van der Waals surface area contributed by atoms with Crippen LogP contribution in [0.1, 0.15) is 5.56 Å². The molecule has 1 aromatic carbocycles. The predicted molar refractivity (Wildman–Crippen MR) is 79.8 cm³/mol. The van der Waals surface area contributed by atoms with Gasteiger partial charge in [0, 0.05) is 28.9 Å². The molecule has 5 nitrogen and oxygen atoms in total. The summed E-state index contributed by atoms with van der Waals surface area (Å²) in [7, 11) is 0. The van der Waals surface area contributed by atoms with Crippen LogP contribution in [0.3, 0.4) is 0 Å². The van der Waals surface area contributed by atoms with Crippen molar-refractivity contribution in [3.63, 3.8) is 0 Å². The monoisotopic (exact) mass is 348 g/mol. The standard InChI is InChI=1S/C16H8F4N4O/c17-12-2-1-8(7-11(12)16(18,19)20)15-23-14(24-25-15)10-4-6-22-13-9(10)3-5-21-13/h1-7H,(H,21,22).